The lowest BCUT2D eigenvalue weighted by atomic mass is 10.1. The minimum Gasteiger partial charge on any atom is -0.505 e. The highest BCUT2D eigenvalue weighted by Crippen LogP contribution is 2.46. The van der Waals surface area contributed by atoms with Gasteiger partial charge in [0.25, 0.3) is 10.1 Å². The molecular weight excluding hydrogens is 490 g/mol. The third-order valence-electron chi connectivity index (χ3n) is 5.89. The summed E-state index contributed by atoms with van der Waals surface area (Å²) in [7, 11) is -4.75. The SMILES string of the molecule is Cc1ccccc1N=Nc1c(S(=O)(=O)O)cc2ccc(N=Nc3ccc4ccccc4c3)c(N)c2c1O. The first-order valence-electron chi connectivity index (χ1n) is 11.2. The van der Waals surface area contributed by atoms with E-state index in [9.17, 15) is 18.1 Å². The molecule has 0 heterocycles. The molecule has 0 aliphatic heterocycles. The Balaban J connectivity index is 1.63. The van der Waals surface area contributed by atoms with Gasteiger partial charge in [-0.05, 0) is 59.0 Å². The van der Waals surface area contributed by atoms with Gasteiger partial charge in [0.15, 0.2) is 5.75 Å². The molecule has 5 aromatic carbocycles. The molecule has 0 aromatic heterocycles. The minimum atomic E-state index is -4.75. The summed E-state index contributed by atoms with van der Waals surface area (Å²) in [6.45, 7) is 1.81. The lowest BCUT2D eigenvalue weighted by Crippen LogP contribution is -2.00. The van der Waals surface area contributed by atoms with Crippen LogP contribution in [0.25, 0.3) is 21.5 Å². The molecule has 5 rings (SSSR count). The highest BCUT2D eigenvalue weighted by molar-refractivity contribution is 7.86. The molecule has 0 spiro atoms. The van der Waals surface area contributed by atoms with Crippen LogP contribution < -0.4 is 5.73 Å². The number of fused-ring (bicyclic) bond motifs is 2. The Morgan fingerprint density at radius 3 is 2.16 bits per heavy atom. The topological polar surface area (TPSA) is 150 Å². The van der Waals surface area contributed by atoms with Gasteiger partial charge in [-0.15, -0.1) is 10.2 Å². The molecule has 0 bridgehead atoms. The molecule has 0 aliphatic carbocycles. The van der Waals surface area contributed by atoms with Crippen molar-refractivity contribution in [3.8, 4) is 5.75 Å². The van der Waals surface area contributed by atoms with Crippen LogP contribution in [0, 0.1) is 6.92 Å². The molecule has 37 heavy (non-hydrogen) atoms. The summed E-state index contributed by atoms with van der Waals surface area (Å²) in [5.41, 5.74) is 8.09. The Kier molecular flexibility index (Phi) is 6.12. The summed E-state index contributed by atoms with van der Waals surface area (Å²) in [5.74, 6) is -0.553. The molecule has 0 fully saturated rings. The number of aromatic hydroxyl groups is 1. The highest BCUT2D eigenvalue weighted by Gasteiger charge is 2.24. The molecular formula is C27H21N5O4S. The van der Waals surface area contributed by atoms with E-state index in [4.69, 9.17) is 5.73 Å². The predicted octanol–water partition coefficient (Wildman–Crippen LogP) is 7.67. The number of anilines is 1. The third-order valence-corrected chi connectivity index (χ3v) is 6.76. The average Bonchev–Trinajstić information content (AvgIpc) is 2.87. The van der Waals surface area contributed by atoms with Gasteiger partial charge in [0, 0.05) is 0 Å². The van der Waals surface area contributed by atoms with Crippen molar-refractivity contribution in [3.05, 3.63) is 90.5 Å². The number of nitrogens with two attached hydrogens (primary N) is 1. The summed E-state index contributed by atoms with van der Waals surface area (Å²) >= 11 is 0. The fourth-order valence-corrected chi connectivity index (χ4v) is 4.62. The van der Waals surface area contributed by atoms with Gasteiger partial charge in [0.1, 0.15) is 16.3 Å². The van der Waals surface area contributed by atoms with Crippen molar-refractivity contribution in [2.24, 2.45) is 20.5 Å². The Labute approximate surface area is 212 Å². The maximum absolute atomic E-state index is 12.1. The maximum Gasteiger partial charge on any atom is 0.296 e. The molecule has 9 nitrogen and oxygen atoms in total. The van der Waals surface area contributed by atoms with Crippen molar-refractivity contribution in [1.82, 2.24) is 0 Å². The van der Waals surface area contributed by atoms with E-state index in [0.29, 0.717) is 11.4 Å². The number of hydrogen-bond donors (Lipinski definition) is 3. The Morgan fingerprint density at radius 1 is 0.730 bits per heavy atom. The average molecular weight is 512 g/mol. The molecule has 0 aliphatic rings. The largest absolute Gasteiger partial charge is 0.505 e. The van der Waals surface area contributed by atoms with Crippen LogP contribution in [0.2, 0.25) is 0 Å². The summed E-state index contributed by atoms with van der Waals surface area (Å²) < 4.78 is 34.0. The monoisotopic (exact) mass is 511 g/mol. The zero-order valence-electron chi connectivity index (χ0n) is 19.6. The number of phenols is 1. The lowest BCUT2D eigenvalue weighted by Gasteiger charge is -2.12. The van der Waals surface area contributed by atoms with Crippen molar-refractivity contribution in [3.63, 3.8) is 0 Å². The number of hydrogen-bond acceptors (Lipinski definition) is 8. The number of nitrogens with zero attached hydrogens (tertiary/aromatic N) is 4. The fourth-order valence-electron chi connectivity index (χ4n) is 3.97. The predicted molar refractivity (Wildman–Crippen MR) is 143 cm³/mol. The molecule has 4 N–H and O–H groups in total. The minimum absolute atomic E-state index is 0.0637. The van der Waals surface area contributed by atoms with Crippen LogP contribution in [0.4, 0.5) is 28.4 Å². The molecule has 0 unspecified atom stereocenters. The zero-order valence-corrected chi connectivity index (χ0v) is 20.4. The first-order chi connectivity index (χ1) is 17.7. The molecule has 184 valence electrons. The molecule has 0 saturated heterocycles. The Bertz CT molecular complexity index is 1850. The van der Waals surface area contributed by atoms with Crippen molar-refractivity contribution in [2.45, 2.75) is 11.8 Å². The molecule has 0 atom stereocenters. The first kappa shape index (κ1) is 24.0. The van der Waals surface area contributed by atoms with Crippen molar-refractivity contribution < 1.29 is 18.1 Å². The maximum atomic E-state index is 12.1. The van der Waals surface area contributed by atoms with Crippen molar-refractivity contribution in [2.75, 3.05) is 5.73 Å². The zero-order chi connectivity index (χ0) is 26.2. The number of azo groups is 2. The van der Waals surface area contributed by atoms with Crippen LogP contribution in [0.3, 0.4) is 0 Å². The number of phenolic OH excluding ortho intramolecular Hbond substituents is 1. The number of rotatable bonds is 5. The van der Waals surface area contributed by atoms with Gasteiger partial charge < -0.3 is 10.8 Å². The van der Waals surface area contributed by atoms with E-state index in [0.717, 1.165) is 16.3 Å². The van der Waals surface area contributed by atoms with Crippen LogP contribution in [-0.2, 0) is 10.1 Å². The van der Waals surface area contributed by atoms with Gasteiger partial charge in [-0.2, -0.15) is 18.6 Å². The van der Waals surface area contributed by atoms with Crippen LogP contribution >= 0.6 is 0 Å². The molecule has 0 amide bonds. The third kappa shape index (κ3) is 4.75. The smallest absolute Gasteiger partial charge is 0.296 e. The Morgan fingerprint density at radius 2 is 1.41 bits per heavy atom. The van der Waals surface area contributed by atoms with Gasteiger partial charge in [-0.1, -0.05) is 54.6 Å². The summed E-state index contributed by atoms with van der Waals surface area (Å²) in [6.07, 6.45) is 0. The highest BCUT2D eigenvalue weighted by atomic mass is 32.2. The van der Waals surface area contributed by atoms with E-state index < -0.39 is 26.5 Å². The van der Waals surface area contributed by atoms with Crippen LogP contribution in [0.1, 0.15) is 5.56 Å². The van der Waals surface area contributed by atoms with E-state index in [2.05, 4.69) is 20.5 Å². The molecule has 5 aromatic rings. The number of nitrogen functional groups attached to an aromatic ring is 1. The normalized spacial score (nSPS) is 12.3. The van der Waals surface area contributed by atoms with E-state index in [1.807, 2.05) is 61.5 Å². The summed E-state index contributed by atoms with van der Waals surface area (Å²) in [4.78, 5) is -0.597. The van der Waals surface area contributed by atoms with Gasteiger partial charge in [0.2, 0.25) is 0 Å². The Hall–Kier alpha value is -4.67. The van der Waals surface area contributed by atoms with Crippen molar-refractivity contribution in [1.29, 1.82) is 0 Å². The van der Waals surface area contributed by atoms with Gasteiger partial charge in [-0.3, -0.25) is 4.55 Å². The molecule has 0 saturated carbocycles. The number of aryl methyl sites for hydroxylation is 1. The number of benzene rings is 5. The van der Waals surface area contributed by atoms with E-state index in [-0.39, 0.29) is 22.1 Å². The second-order valence-electron chi connectivity index (χ2n) is 8.36. The quantitative estimate of drug-likeness (QED) is 0.126. The van der Waals surface area contributed by atoms with Crippen LogP contribution in [0.15, 0.2) is 110 Å². The first-order valence-corrected chi connectivity index (χ1v) is 12.6. The lowest BCUT2D eigenvalue weighted by molar-refractivity contribution is 0.472. The van der Waals surface area contributed by atoms with Gasteiger partial charge in [-0.25, -0.2) is 0 Å². The fraction of sp³-hybridized carbons (Fsp3) is 0.0370. The second-order valence-corrected chi connectivity index (χ2v) is 9.75. The van der Waals surface area contributed by atoms with E-state index >= 15 is 0 Å². The van der Waals surface area contributed by atoms with Gasteiger partial charge in [0.05, 0.1) is 22.4 Å². The second kappa shape index (κ2) is 9.41. The van der Waals surface area contributed by atoms with Gasteiger partial charge >= 0.3 is 0 Å². The van der Waals surface area contributed by atoms with Crippen LogP contribution in [-0.4, -0.2) is 18.1 Å². The van der Waals surface area contributed by atoms with E-state index in [1.165, 1.54) is 12.1 Å². The van der Waals surface area contributed by atoms with Crippen molar-refractivity contribution >= 4 is 60.1 Å². The molecule has 10 heteroatoms. The summed E-state index contributed by atoms with van der Waals surface area (Å²) in [5, 5.41) is 30.1. The van der Waals surface area contributed by atoms with Crippen LogP contribution in [0.5, 0.6) is 5.75 Å². The summed E-state index contributed by atoms with van der Waals surface area (Å²) in [6, 6.07) is 24.8. The standard InChI is InChI=1S/C27H21N5O4S/c1-16-6-2-5-9-21(16)30-32-26-23(37(34,35)36)15-19-11-13-22(25(28)24(19)27(26)33)31-29-20-12-10-17-7-3-4-8-18(17)14-20/h2-15,33H,28H2,1H3,(H,34,35,36). The molecule has 0 radical (unpaired) electrons. The van der Waals surface area contributed by atoms with E-state index in [1.54, 1.807) is 18.2 Å².